The van der Waals surface area contributed by atoms with E-state index in [0.717, 1.165) is 9.87 Å². The Kier molecular flexibility index (Phi) is 10.8. The van der Waals surface area contributed by atoms with Crippen LogP contribution in [0.25, 0.3) is 0 Å². The molecule has 240 valence electrons. The third-order valence-corrected chi connectivity index (χ3v) is 8.99. The molecule has 4 rings (SSSR count). The minimum Gasteiger partial charge on any atom is -0.350 e. The number of carbonyl (C=O) groups excluding carboxylic acids is 2. The second-order valence-electron chi connectivity index (χ2n) is 11.7. The van der Waals surface area contributed by atoms with Crippen molar-refractivity contribution in [1.82, 2.24) is 10.2 Å². The van der Waals surface area contributed by atoms with Crippen LogP contribution in [0.1, 0.15) is 31.9 Å². The van der Waals surface area contributed by atoms with E-state index in [4.69, 9.17) is 11.6 Å². The van der Waals surface area contributed by atoms with Crippen LogP contribution in [0.15, 0.2) is 114 Å². The van der Waals surface area contributed by atoms with E-state index in [-0.39, 0.29) is 29.2 Å². The number of anilines is 1. The van der Waals surface area contributed by atoms with Crippen LogP contribution in [-0.4, -0.2) is 48.2 Å². The molecule has 1 N–H and O–H groups in total. The van der Waals surface area contributed by atoms with Gasteiger partial charge in [-0.3, -0.25) is 24.0 Å². The van der Waals surface area contributed by atoms with Crippen molar-refractivity contribution in [2.24, 2.45) is 0 Å². The van der Waals surface area contributed by atoms with Gasteiger partial charge in [0, 0.05) is 35.7 Å². The van der Waals surface area contributed by atoms with Crippen molar-refractivity contribution in [3.63, 3.8) is 0 Å². The van der Waals surface area contributed by atoms with Gasteiger partial charge in [-0.15, -0.1) is 0 Å². The van der Waals surface area contributed by atoms with E-state index in [1.165, 1.54) is 41.3 Å². The Morgan fingerprint density at radius 2 is 1.46 bits per heavy atom. The number of hydrogen-bond donors (Lipinski definition) is 1. The number of nitrogens with one attached hydrogen (secondary N) is 1. The highest BCUT2D eigenvalue weighted by atomic mass is 35.5. The molecule has 4 aromatic rings. The predicted octanol–water partition coefficient (Wildman–Crippen LogP) is 6.00. The molecule has 4 aromatic carbocycles. The summed E-state index contributed by atoms with van der Waals surface area (Å²) < 4.78 is 28.9. The van der Waals surface area contributed by atoms with Gasteiger partial charge in [0.1, 0.15) is 12.6 Å². The summed E-state index contributed by atoms with van der Waals surface area (Å²) >= 11 is 6.28. The van der Waals surface area contributed by atoms with Gasteiger partial charge in [0.05, 0.1) is 15.5 Å². The van der Waals surface area contributed by atoms with Crippen molar-refractivity contribution in [3.8, 4) is 0 Å². The second kappa shape index (κ2) is 14.6. The number of nitro groups is 1. The first-order chi connectivity index (χ1) is 21.7. The van der Waals surface area contributed by atoms with Crippen molar-refractivity contribution in [1.29, 1.82) is 0 Å². The quantitative estimate of drug-likeness (QED) is 0.146. The van der Waals surface area contributed by atoms with Gasteiger partial charge in [-0.05, 0) is 68.3 Å². The number of hydrogen-bond acceptors (Lipinski definition) is 6. The van der Waals surface area contributed by atoms with E-state index < -0.39 is 44.9 Å². The topological polar surface area (TPSA) is 130 Å². The molecule has 0 aliphatic rings. The van der Waals surface area contributed by atoms with Crippen LogP contribution >= 0.6 is 11.6 Å². The van der Waals surface area contributed by atoms with Crippen LogP contribution in [0.3, 0.4) is 0 Å². The molecular formula is C34H35ClN4O6S. The van der Waals surface area contributed by atoms with Crippen LogP contribution in [0, 0.1) is 10.1 Å². The van der Waals surface area contributed by atoms with Crippen molar-refractivity contribution < 1.29 is 22.9 Å². The average molecular weight is 663 g/mol. The molecule has 12 heteroatoms. The minimum absolute atomic E-state index is 0.0456. The van der Waals surface area contributed by atoms with Crippen LogP contribution < -0.4 is 9.62 Å². The van der Waals surface area contributed by atoms with Crippen LogP contribution in [0.4, 0.5) is 11.4 Å². The highest BCUT2D eigenvalue weighted by molar-refractivity contribution is 7.92. The standard InChI is InChI=1S/C34H35ClN4O6S/c1-34(2,3)36-33(41)31(22-25-11-6-4-7-12-25)37(23-26-13-10-14-27(35)21-26)32(40)24-38(28-17-19-29(20-18-28)39(42)43)46(44,45)30-15-8-5-9-16-30/h4-21,31H,22-24H2,1-3H3,(H,36,41)/t31-/m0/s1. The average Bonchev–Trinajstić information content (AvgIpc) is 3.01. The molecule has 0 saturated carbocycles. The highest BCUT2D eigenvalue weighted by Crippen LogP contribution is 2.27. The maximum absolute atomic E-state index is 14.5. The molecular weight excluding hydrogens is 628 g/mol. The normalized spacial score (nSPS) is 12.2. The first kappa shape index (κ1) is 34.1. The van der Waals surface area contributed by atoms with Gasteiger partial charge in [0.15, 0.2) is 0 Å². The Labute approximate surface area is 273 Å². The zero-order chi connectivity index (χ0) is 33.5. The maximum Gasteiger partial charge on any atom is 0.269 e. The van der Waals surface area contributed by atoms with Crippen molar-refractivity contribution in [2.45, 2.75) is 50.2 Å². The van der Waals surface area contributed by atoms with Gasteiger partial charge in [0.2, 0.25) is 11.8 Å². The third-order valence-electron chi connectivity index (χ3n) is 6.97. The van der Waals surface area contributed by atoms with E-state index in [9.17, 15) is 28.1 Å². The van der Waals surface area contributed by atoms with E-state index in [2.05, 4.69) is 5.32 Å². The van der Waals surface area contributed by atoms with Crippen LogP contribution in [0.2, 0.25) is 5.02 Å². The molecule has 0 unspecified atom stereocenters. The van der Waals surface area contributed by atoms with Crippen molar-refractivity contribution in [2.75, 3.05) is 10.8 Å². The summed E-state index contributed by atoms with van der Waals surface area (Å²) in [6.07, 6.45) is 0.151. The number of rotatable bonds is 12. The van der Waals surface area contributed by atoms with Gasteiger partial charge >= 0.3 is 0 Å². The number of sulfonamides is 1. The molecule has 0 saturated heterocycles. The number of benzene rings is 4. The molecule has 0 aromatic heterocycles. The summed E-state index contributed by atoms with van der Waals surface area (Å²) in [5.74, 6) is -1.08. The molecule has 10 nitrogen and oxygen atoms in total. The first-order valence-corrected chi connectivity index (χ1v) is 16.3. The van der Waals surface area contributed by atoms with Crippen molar-refractivity contribution >= 4 is 44.8 Å². The number of amides is 2. The van der Waals surface area contributed by atoms with Gasteiger partial charge in [-0.2, -0.15) is 0 Å². The van der Waals surface area contributed by atoms with E-state index in [1.807, 2.05) is 51.1 Å². The minimum atomic E-state index is -4.33. The summed E-state index contributed by atoms with van der Waals surface area (Å²) in [6.45, 7) is 4.75. The Bertz CT molecular complexity index is 1780. The van der Waals surface area contributed by atoms with E-state index in [0.29, 0.717) is 10.6 Å². The van der Waals surface area contributed by atoms with Gasteiger partial charge in [-0.25, -0.2) is 8.42 Å². The molecule has 2 amide bonds. The second-order valence-corrected chi connectivity index (χ2v) is 14.0. The fraction of sp³-hybridized carbons (Fsp3) is 0.235. The molecule has 0 bridgehead atoms. The summed E-state index contributed by atoms with van der Waals surface area (Å²) in [6, 6.07) is 27.5. The summed E-state index contributed by atoms with van der Waals surface area (Å²) in [4.78, 5) is 40.4. The Morgan fingerprint density at radius 1 is 0.870 bits per heavy atom. The molecule has 1 atom stereocenters. The van der Waals surface area contributed by atoms with Gasteiger partial charge < -0.3 is 10.2 Å². The number of nitrogens with zero attached hydrogens (tertiary/aromatic N) is 3. The first-order valence-electron chi connectivity index (χ1n) is 14.5. The fourth-order valence-electron chi connectivity index (χ4n) is 4.83. The fourth-order valence-corrected chi connectivity index (χ4v) is 6.48. The monoisotopic (exact) mass is 662 g/mol. The number of carbonyl (C=O) groups is 2. The number of nitro benzene ring substituents is 1. The van der Waals surface area contributed by atoms with Crippen molar-refractivity contribution in [3.05, 3.63) is 135 Å². The summed E-state index contributed by atoms with van der Waals surface area (Å²) in [5.41, 5.74) is 0.610. The lowest BCUT2D eigenvalue weighted by Crippen LogP contribution is -2.56. The molecule has 46 heavy (non-hydrogen) atoms. The molecule has 0 radical (unpaired) electrons. The van der Waals surface area contributed by atoms with Crippen LogP contribution in [0.5, 0.6) is 0 Å². The number of halogens is 1. The SMILES string of the molecule is CC(C)(C)NC(=O)[C@H](Cc1ccccc1)N(Cc1cccc(Cl)c1)C(=O)CN(c1ccc([N+](=O)[O-])cc1)S(=O)(=O)c1ccccc1. The molecule has 0 heterocycles. The summed E-state index contributed by atoms with van der Waals surface area (Å²) in [7, 11) is -4.33. The smallest absolute Gasteiger partial charge is 0.269 e. The van der Waals surface area contributed by atoms with Gasteiger partial charge in [-0.1, -0.05) is 72.3 Å². The molecule has 0 aliphatic heterocycles. The third kappa shape index (κ3) is 8.92. The maximum atomic E-state index is 14.5. The van der Waals surface area contributed by atoms with E-state index in [1.54, 1.807) is 42.5 Å². The van der Waals surface area contributed by atoms with Gasteiger partial charge in [0.25, 0.3) is 15.7 Å². The number of non-ortho nitro benzene ring substituents is 1. The lowest BCUT2D eigenvalue weighted by Gasteiger charge is -2.35. The molecule has 0 spiro atoms. The summed E-state index contributed by atoms with van der Waals surface area (Å²) in [5, 5.41) is 14.7. The largest absolute Gasteiger partial charge is 0.350 e. The lowest BCUT2D eigenvalue weighted by molar-refractivity contribution is -0.384. The zero-order valence-electron chi connectivity index (χ0n) is 25.7. The van der Waals surface area contributed by atoms with E-state index >= 15 is 0 Å². The molecule has 0 aliphatic carbocycles. The highest BCUT2D eigenvalue weighted by Gasteiger charge is 2.35. The Morgan fingerprint density at radius 3 is 2.02 bits per heavy atom. The predicted molar refractivity (Wildman–Crippen MR) is 178 cm³/mol. The lowest BCUT2D eigenvalue weighted by atomic mass is 10.0. The zero-order valence-corrected chi connectivity index (χ0v) is 27.2. The Hall–Kier alpha value is -4.74. The molecule has 0 fully saturated rings. The van der Waals surface area contributed by atoms with Crippen LogP contribution in [-0.2, 0) is 32.6 Å². The Balaban J connectivity index is 1.82.